The Labute approximate surface area is 205 Å². The molecule has 3 heterocycles. The molecule has 2 aromatic rings. The van der Waals surface area contributed by atoms with Gasteiger partial charge in [-0.15, -0.1) is 0 Å². The van der Waals surface area contributed by atoms with Crippen LogP contribution in [0.15, 0.2) is 46.7 Å². The topological polar surface area (TPSA) is 97.8 Å². The summed E-state index contributed by atoms with van der Waals surface area (Å²) in [5.41, 5.74) is 9.98. The molecule has 1 amide bonds. The van der Waals surface area contributed by atoms with Crippen molar-refractivity contribution in [2.24, 2.45) is 10.7 Å². The number of nitrogens with one attached hydrogen (secondary N) is 1. The number of benzene rings is 1. The minimum absolute atomic E-state index is 0.00873. The molecule has 4 rings (SSSR count). The molecular formula is C26H33FN6O2. The van der Waals surface area contributed by atoms with Crippen molar-refractivity contribution >= 4 is 17.7 Å². The Kier molecular flexibility index (Phi) is 7.35. The van der Waals surface area contributed by atoms with Crippen molar-refractivity contribution in [2.45, 2.75) is 45.3 Å². The van der Waals surface area contributed by atoms with E-state index in [1.165, 1.54) is 12.1 Å². The molecule has 0 spiro atoms. The lowest BCUT2D eigenvalue weighted by Gasteiger charge is -2.32. The minimum Gasteiger partial charge on any atom is -0.493 e. The van der Waals surface area contributed by atoms with Crippen LogP contribution in [0.25, 0.3) is 6.08 Å². The van der Waals surface area contributed by atoms with E-state index in [1.54, 1.807) is 13.1 Å². The molecular weight excluding hydrogens is 447 g/mol. The standard InChI is InChI=1S/C26H33FN6O2/c1-16-21(25(26(34)29-3)31-17(2)32(16)4)10-12-35-23-13-19(27)6-7-22(23)18-5-8-24-30-14-20(9-11-28)33(24)15-18/h5-8,13-14,17-18H,9-12,15,28H2,1-4H3,(H,29,34). The minimum atomic E-state index is -0.357. The molecule has 186 valence electrons. The van der Waals surface area contributed by atoms with Crippen LogP contribution >= 0.6 is 0 Å². The number of halogens is 1. The van der Waals surface area contributed by atoms with Crippen LogP contribution in [-0.4, -0.2) is 59.5 Å². The third-order valence-corrected chi connectivity index (χ3v) is 6.78. The van der Waals surface area contributed by atoms with Gasteiger partial charge < -0.3 is 25.3 Å². The van der Waals surface area contributed by atoms with Crippen LogP contribution in [0, 0.1) is 5.82 Å². The molecule has 2 atom stereocenters. The zero-order chi connectivity index (χ0) is 25.1. The number of imidazole rings is 1. The molecule has 8 nitrogen and oxygen atoms in total. The third kappa shape index (κ3) is 5.00. The normalized spacial score (nSPS) is 19.5. The summed E-state index contributed by atoms with van der Waals surface area (Å²) in [6, 6.07) is 4.67. The molecule has 2 aliphatic heterocycles. The number of carbonyl (C=O) groups excluding carboxylic acids is 1. The molecule has 1 aromatic carbocycles. The molecule has 0 radical (unpaired) electrons. The maximum Gasteiger partial charge on any atom is 0.269 e. The number of nitrogens with zero attached hydrogens (tertiary/aromatic N) is 4. The van der Waals surface area contributed by atoms with Gasteiger partial charge in [0.05, 0.1) is 6.61 Å². The SMILES string of the molecule is CNC(=O)C1=NC(C)N(C)C(C)=C1CCOc1cc(F)ccc1C1C=Cc2ncc(CCN)n2C1. The summed E-state index contributed by atoms with van der Waals surface area (Å²) in [6.07, 6.45) is 7.02. The van der Waals surface area contributed by atoms with Gasteiger partial charge in [0.25, 0.3) is 5.91 Å². The predicted octanol–water partition coefficient (Wildman–Crippen LogP) is 2.86. The monoisotopic (exact) mass is 480 g/mol. The van der Waals surface area contributed by atoms with Gasteiger partial charge in [-0.05, 0) is 32.5 Å². The largest absolute Gasteiger partial charge is 0.493 e. The van der Waals surface area contributed by atoms with E-state index < -0.39 is 0 Å². The number of aromatic nitrogens is 2. The van der Waals surface area contributed by atoms with Gasteiger partial charge in [-0.1, -0.05) is 12.1 Å². The first kappa shape index (κ1) is 24.7. The van der Waals surface area contributed by atoms with E-state index in [-0.39, 0.29) is 30.4 Å². The highest BCUT2D eigenvalue weighted by molar-refractivity contribution is 6.45. The number of carbonyl (C=O) groups is 1. The van der Waals surface area contributed by atoms with E-state index >= 15 is 0 Å². The van der Waals surface area contributed by atoms with Crippen LogP contribution in [0.1, 0.15) is 43.3 Å². The van der Waals surface area contributed by atoms with Gasteiger partial charge in [0.2, 0.25) is 0 Å². The van der Waals surface area contributed by atoms with E-state index in [2.05, 4.69) is 25.9 Å². The van der Waals surface area contributed by atoms with E-state index in [9.17, 15) is 9.18 Å². The highest BCUT2D eigenvalue weighted by Crippen LogP contribution is 2.34. The molecule has 0 saturated heterocycles. The number of nitrogens with two attached hydrogens (primary N) is 1. The summed E-state index contributed by atoms with van der Waals surface area (Å²) in [6.45, 7) is 5.44. The van der Waals surface area contributed by atoms with Gasteiger partial charge in [0.1, 0.15) is 29.3 Å². The average molecular weight is 481 g/mol. The van der Waals surface area contributed by atoms with Crippen molar-refractivity contribution in [3.63, 3.8) is 0 Å². The van der Waals surface area contributed by atoms with E-state index in [0.29, 0.717) is 31.0 Å². The van der Waals surface area contributed by atoms with Crippen molar-refractivity contribution in [1.82, 2.24) is 19.8 Å². The lowest BCUT2D eigenvalue weighted by Crippen LogP contribution is -2.39. The summed E-state index contributed by atoms with van der Waals surface area (Å²) in [4.78, 5) is 23.5. The Morgan fingerprint density at radius 3 is 2.89 bits per heavy atom. The lowest BCUT2D eigenvalue weighted by atomic mass is 9.95. The predicted molar refractivity (Wildman–Crippen MR) is 135 cm³/mol. The van der Waals surface area contributed by atoms with Crippen LogP contribution < -0.4 is 15.8 Å². The van der Waals surface area contributed by atoms with Crippen LogP contribution in [0.5, 0.6) is 5.75 Å². The second-order valence-corrected chi connectivity index (χ2v) is 8.87. The Hall–Kier alpha value is -3.46. The molecule has 0 aliphatic carbocycles. The van der Waals surface area contributed by atoms with E-state index in [0.717, 1.165) is 34.8 Å². The number of hydrogen-bond acceptors (Lipinski definition) is 6. The number of amides is 1. The number of allylic oxidation sites excluding steroid dienone is 2. The Balaban J connectivity index is 1.53. The fourth-order valence-corrected chi connectivity index (χ4v) is 4.61. The summed E-state index contributed by atoms with van der Waals surface area (Å²) in [7, 11) is 3.55. The third-order valence-electron chi connectivity index (χ3n) is 6.78. The van der Waals surface area contributed by atoms with Crippen LogP contribution in [0.4, 0.5) is 4.39 Å². The molecule has 1 aromatic heterocycles. The van der Waals surface area contributed by atoms with Crippen molar-refractivity contribution < 1.29 is 13.9 Å². The molecule has 2 unspecified atom stereocenters. The van der Waals surface area contributed by atoms with Gasteiger partial charge in [0, 0.05) is 74.2 Å². The number of rotatable bonds is 8. The van der Waals surface area contributed by atoms with Crippen molar-refractivity contribution in [3.05, 3.63) is 64.6 Å². The van der Waals surface area contributed by atoms with Gasteiger partial charge in [0.15, 0.2) is 0 Å². The van der Waals surface area contributed by atoms with Crippen molar-refractivity contribution in [2.75, 3.05) is 27.2 Å². The summed E-state index contributed by atoms with van der Waals surface area (Å²) in [5, 5.41) is 2.67. The second-order valence-electron chi connectivity index (χ2n) is 8.87. The lowest BCUT2D eigenvalue weighted by molar-refractivity contribution is -0.114. The first-order valence-corrected chi connectivity index (χ1v) is 11.9. The number of aliphatic imine (C=N–C) groups is 1. The average Bonchev–Trinajstić information content (AvgIpc) is 3.25. The van der Waals surface area contributed by atoms with Gasteiger partial charge in [-0.3, -0.25) is 9.79 Å². The quantitative estimate of drug-likeness (QED) is 0.606. The van der Waals surface area contributed by atoms with Crippen LogP contribution in [0.3, 0.4) is 0 Å². The second kappa shape index (κ2) is 10.4. The highest BCUT2D eigenvalue weighted by Gasteiger charge is 2.27. The Bertz CT molecular complexity index is 1200. The summed E-state index contributed by atoms with van der Waals surface area (Å²) >= 11 is 0. The zero-order valence-corrected chi connectivity index (χ0v) is 20.7. The fourth-order valence-electron chi connectivity index (χ4n) is 4.61. The number of ether oxygens (including phenoxy) is 1. The maximum absolute atomic E-state index is 14.2. The van der Waals surface area contributed by atoms with Gasteiger partial charge in [-0.25, -0.2) is 9.37 Å². The highest BCUT2D eigenvalue weighted by atomic mass is 19.1. The summed E-state index contributed by atoms with van der Waals surface area (Å²) in [5.74, 6) is 0.827. The zero-order valence-electron chi connectivity index (χ0n) is 20.7. The Morgan fingerprint density at radius 2 is 2.14 bits per heavy atom. The van der Waals surface area contributed by atoms with Crippen LogP contribution in [0.2, 0.25) is 0 Å². The molecule has 2 aliphatic rings. The first-order valence-electron chi connectivity index (χ1n) is 11.9. The van der Waals surface area contributed by atoms with Gasteiger partial charge >= 0.3 is 0 Å². The van der Waals surface area contributed by atoms with E-state index in [1.807, 2.05) is 38.1 Å². The van der Waals surface area contributed by atoms with Crippen molar-refractivity contribution in [1.29, 1.82) is 0 Å². The number of hydrogen-bond donors (Lipinski definition) is 2. The molecule has 9 heteroatoms. The Morgan fingerprint density at radius 1 is 1.34 bits per heavy atom. The molecule has 35 heavy (non-hydrogen) atoms. The molecule has 0 bridgehead atoms. The van der Waals surface area contributed by atoms with Crippen molar-refractivity contribution in [3.8, 4) is 5.75 Å². The smallest absolute Gasteiger partial charge is 0.269 e. The molecule has 0 fully saturated rings. The molecule has 0 saturated carbocycles. The van der Waals surface area contributed by atoms with E-state index in [4.69, 9.17) is 10.5 Å². The molecule has 3 N–H and O–H groups in total. The maximum atomic E-state index is 14.2. The van der Waals surface area contributed by atoms with Crippen LogP contribution in [-0.2, 0) is 17.8 Å². The van der Waals surface area contributed by atoms with Gasteiger partial charge in [-0.2, -0.15) is 0 Å². The fraction of sp³-hybridized carbons (Fsp3) is 0.423. The summed E-state index contributed by atoms with van der Waals surface area (Å²) < 4.78 is 22.5. The number of fused-ring (bicyclic) bond motifs is 1. The first-order chi connectivity index (χ1) is 16.8.